The van der Waals surface area contributed by atoms with Crippen molar-refractivity contribution in [2.45, 2.75) is 87.5 Å². The first-order valence-electron chi connectivity index (χ1n) is 17.8. The van der Waals surface area contributed by atoms with Crippen molar-refractivity contribution in [3.8, 4) is 22.8 Å². The van der Waals surface area contributed by atoms with Crippen molar-refractivity contribution in [3.63, 3.8) is 0 Å². The van der Waals surface area contributed by atoms with E-state index in [4.69, 9.17) is 14.1 Å². The number of para-hydroxylation sites is 1. The molecule has 1 N–H and O–H groups in total. The standard InChI is InChI=1S/C30H22NO2.C14H26O2.Ir/c1-30(2,3)16-23-18-9-5-4-8-17(18)14-22-27-26-20(12-13-31-27)28-21(15-25(26)33-29(22)23)19-10-6-7-11-24(19)32-28;1-6-11(7-2)12(15)10-13(16)14(5,8-3)9-4;/h4-13,15H,16H2,1-3H3;10-11,15H,6-9H2,1-5H3;/q-1;;/b;12-10-;. The van der Waals surface area contributed by atoms with E-state index in [1.165, 1.54) is 17.0 Å². The molecular weight excluding hydrogens is 799 g/mol. The van der Waals surface area contributed by atoms with E-state index in [9.17, 15) is 9.90 Å². The number of pyridine rings is 1. The minimum absolute atomic E-state index is 0. The summed E-state index contributed by atoms with van der Waals surface area (Å²) in [5, 5.41) is 16.3. The molecule has 0 spiro atoms. The SMILES string of the molecule is CC(C)(C)Cc1c2c([c-]c3ccccc13)-c1nccc3c1c(cc1c4ccccc4oc31)O2.CCC(CC)/C(O)=C/C(=O)C(C)(CC)CC.[Ir]. The van der Waals surface area contributed by atoms with E-state index in [0.717, 1.165) is 93.0 Å². The molecule has 0 saturated carbocycles. The fraction of sp³-hybridized carbons (Fsp3) is 0.364. The molecule has 2 aromatic heterocycles. The number of aliphatic hydroxyl groups excluding tert-OH is 1. The molecule has 0 amide bonds. The number of aromatic nitrogens is 1. The van der Waals surface area contributed by atoms with Gasteiger partial charge in [0.15, 0.2) is 5.78 Å². The first-order chi connectivity index (χ1) is 23.4. The van der Waals surface area contributed by atoms with Gasteiger partial charge in [0.25, 0.3) is 0 Å². The van der Waals surface area contributed by atoms with E-state index in [2.05, 4.69) is 63.2 Å². The molecule has 1 aliphatic rings. The number of ether oxygens (including phenoxy) is 1. The van der Waals surface area contributed by atoms with Crippen LogP contribution in [0.25, 0.3) is 54.7 Å². The van der Waals surface area contributed by atoms with Crippen LogP contribution in [-0.2, 0) is 31.3 Å². The Labute approximate surface area is 309 Å². The average Bonchev–Trinajstić information content (AvgIpc) is 3.47. The number of ketones is 1. The first-order valence-corrected chi connectivity index (χ1v) is 17.8. The molecule has 1 aliphatic heterocycles. The predicted octanol–water partition coefficient (Wildman–Crippen LogP) is 12.7. The quantitative estimate of drug-likeness (QED) is 0.0937. The zero-order valence-corrected chi connectivity index (χ0v) is 32.9. The molecule has 0 atom stereocenters. The van der Waals surface area contributed by atoms with Crippen LogP contribution in [0.3, 0.4) is 0 Å². The van der Waals surface area contributed by atoms with Crippen LogP contribution >= 0.6 is 0 Å². The largest absolute Gasteiger partial charge is 0.512 e. The maximum Gasteiger partial charge on any atom is 0.164 e. The maximum atomic E-state index is 12.0. The summed E-state index contributed by atoms with van der Waals surface area (Å²) >= 11 is 0. The summed E-state index contributed by atoms with van der Waals surface area (Å²) in [7, 11) is 0. The number of nitrogens with zero attached hydrogens (tertiary/aromatic N) is 1. The number of benzene rings is 4. The smallest absolute Gasteiger partial charge is 0.164 e. The maximum absolute atomic E-state index is 12.0. The zero-order chi connectivity index (χ0) is 35.1. The average molecular weight is 847 g/mol. The number of allylic oxidation sites excluding steroid dienone is 2. The van der Waals surface area contributed by atoms with Gasteiger partial charge in [-0.15, -0.1) is 17.5 Å². The van der Waals surface area contributed by atoms with Crippen molar-refractivity contribution in [3.05, 3.63) is 90.3 Å². The molecule has 4 aromatic carbocycles. The van der Waals surface area contributed by atoms with Crippen LogP contribution < -0.4 is 4.74 Å². The molecule has 7 rings (SSSR count). The fourth-order valence-corrected chi connectivity index (χ4v) is 6.93. The van der Waals surface area contributed by atoms with Gasteiger partial charge in [0, 0.05) is 70.9 Å². The minimum Gasteiger partial charge on any atom is -0.512 e. The number of fused-ring (bicyclic) bond motifs is 7. The van der Waals surface area contributed by atoms with Crippen molar-refractivity contribution in [2.24, 2.45) is 16.7 Å². The van der Waals surface area contributed by atoms with Crippen LogP contribution in [0.15, 0.2) is 83.1 Å². The van der Waals surface area contributed by atoms with Gasteiger partial charge in [-0.1, -0.05) is 108 Å². The second kappa shape index (κ2) is 14.7. The third-order valence-corrected chi connectivity index (χ3v) is 10.4. The van der Waals surface area contributed by atoms with Crippen molar-refractivity contribution in [1.82, 2.24) is 4.98 Å². The van der Waals surface area contributed by atoms with E-state index in [1.54, 1.807) is 0 Å². The Morgan fingerprint density at radius 2 is 1.56 bits per heavy atom. The summed E-state index contributed by atoms with van der Waals surface area (Å²) in [6.07, 6.45) is 7.60. The summed E-state index contributed by atoms with van der Waals surface area (Å²) in [6.45, 7) is 16.9. The summed E-state index contributed by atoms with van der Waals surface area (Å²) in [4.78, 5) is 16.9. The number of carbonyl (C=O) groups is 1. The Morgan fingerprint density at radius 3 is 2.22 bits per heavy atom. The van der Waals surface area contributed by atoms with Gasteiger partial charge in [0.2, 0.25) is 0 Å². The Balaban J connectivity index is 0.000000246. The summed E-state index contributed by atoms with van der Waals surface area (Å²) in [5.41, 5.74) is 4.60. The minimum atomic E-state index is -0.319. The van der Waals surface area contributed by atoms with Gasteiger partial charge in [-0.3, -0.25) is 9.78 Å². The van der Waals surface area contributed by atoms with Gasteiger partial charge < -0.3 is 14.3 Å². The molecule has 3 heterocycles. The fourth-order valence-electron chi connectivity index (χ4n) is 6.93. The van der Waals surface area contributed by atoms with Gasteiger partial charge >= 0.3 is 0 Å². The van der Waals surface area contributed by atoms with E-state index >= 15 is 0 Å². The van der Waals surface area contributed by atoms with Gasteiger partial charge in [0.1, 0.15) is 16.9 Å². The van der Waals surface area contributed by atoms with Crippen molar-refractivity contribution in [2.75, 3.05) is 0 Å². The van der Waals surface area contributed by atoms with Crippen molar-refractivity contribution in [1.29, 1.82) is 0 Å². The summed E-state index contributed by atoms with van der Waals surface area (Å²) < 4.78 is 13.0. The molecule has 0 bridgehead atoms. The van der Waals surface area contributed by atoms with Crippen LogP contribution in [0.4, 0.5) is 0 Å². The molecule has 6 heteroatoms. The molecule has 0 saturated heterocycles. The monoisotopic (exact) mass is 847 g/mol. The van der Waals surface area contributed by atoms with Crippen LogP contribution in [0.1, 0.15) is 86.6 Å². The number of carbonyl (C=O) groups excluding carboxylic acids is 1. The second-order valence-corrected chi connectivity index (χ2v) is 14.8. The van der Waals surface area contributed by atoms with E-state index in [1.807, 2.05) is 65.1 Å². The Kier molecular flexibility index (Phi) is 11.0. The normalized spacial score (nSPS) is 12.9. The number of furan rings is 1. The number of aliphatic hydroxyl groups is 1. The molecule has 0 aliphatic carbocycles. The van der Waals surface area contributed by atoms with E-state index in [0.29, 0.717) is 0 Å². The molecule has 5 nitrogen and oxygen atoms in total. The van der Waals surface area contributed by atoms with Crippen molar-refractivity contribution >= 4 is 49.3 Å². The predicted molar refractivity (Wildman–Crippen MR) is 203 cm³/mol. The zero-order valence-electron chi connectivity index (χ0n) is 30.5. The number of hydrogen-bond donors (Lipinski definition) is 1. The molecular formula is C44H48IrNO4-. The molecule has 50 heavy (non-hydrogen) atoms. The van der Waals surface area contributed by atoms with Gasteiger partial charge in [-0.25, -0.2) is 0 Å². The van der Waals surface area contributed by atoms with Crippen LogP contribution in [-0.4, -0.2) is 15.9 Å². The van der Waals surface area contributed by atoms with Crippen LogP contribution in [0.5, 0.6) is 11.5 Å². The molecule has 1 radical (unpaired) electrons. The van der Waals surface area contributed by atoms with E-state index in [-0.39, 0.29) is 48.4 Å². The third kappa shape index (κ3) is 6.85. The summed E-state index contributed by atoms with van der Waals surface area (Å²) in [6, 6.07) is 24.4. The Morgan fingerprint density at radius 1 is 0.900 bits per heavy atom. The van der Waals surface area contributed by atoms with Crippen LogP contribution in [0.2, 0.25) is 0 Å². The van der Waals surface area contributed by atoms with Gasteiger partial charge in [0.05, 0.1) is 11.5 Å². The molecule has 6 aromatic rings. The Bertz CT molecular complexity index is 2210. The van der Waals surface area contributed by atoms with E-state index < -0.39 is 0 Å². The third-order valence-electron chi connectivity index (χ3n) is 10.4. The Hall–Kier alpha value is -3.99. The molecule has 0 fully saturated rings. The van der Waals surface area contributed by atoms with Crippen LogP contribution in [0, 0.1) is 22.8 Å². The second-order valence-electron chi connectivity index (χ2n) is 14.8. The topological polar surface area (TPSA) is 72.6 Å². The van der Waals surface area contributed by atoms with Gasteiger partial charge in [-0.05, 0) is 55.7 Å². The molecule has 0 unspecified atom stereocenters. The van der Waals surface area contributed by atoms with Gasteiger partial charge in [-0.2, -0.15) is 0 Å². The number of hydrogen-bond acceptors (Lipinski definition) is 5. The van der Waals surface area contributed by atoms with Crippen molar-refractivity contribution < 1.29 is 39.2 Å². The molecule has 263 valence electrons. The number of rotatable bonds is 8. The first kappa shape index (κ1) is 37.3. The summed E-state index contributed by atoms with van der Waals surface area (Å²) in [5.74, 6) is 2.15.